The molecule has 0 fully saturated rings. The van der Waals surface area contributed by atoms with Gasteiger partial charge < -0.3 is 21.5 Å². The second-order valence-corrected chi connectivity index (χ2v) is 3.92. The topological polar surface area (TPSA) is 120 Å². The number of thiazole rings is 1. The van der Waals surface area contributed by atoms with E-state index in [9.17, 15) is 9.59 Å². The molecule has 0 aliphatic rings. The number of nitrogens with two attached hydrogens (primary N) is 2. The Labute approximate surface area is 95.8 Å². The minimum absolute atomic E-state index is 0.0361. The molecule has 1 heterocycles. The Morgan fingerprint density at radius 1 is 1.56 bits per heavy atom. The molecule has 1 aromatic rings. The highest BCUT2D eigenvalue weighted by molar-refractivity contribution is 7.17. The summed E-state index contributed by atoms with van der Waals surface area (Å²) in [6, 6.07) is 0. The Bertz CT molecular complexity index is 404. The van der Waals surface area contributed by atoms with Crippen molar-refractivity contribution < 1.29 is 14.3 Å². The highest BCUT2D eigenvalue weighted by atomic mass is 32.1. The van der Waals surface area contributed by atoms with Crippen LogP contribution >= 0.6 is 11.3 Å². The van der Waals surface area contributed by atoms with Crippen LogP contribution in [0, 0.1) is 6.92 Å². The van der Waals surface area contributed by atoms with Gasteiger partial charge in [-0.3, -0.25) is 4.79 Å². The van der Waals surface area contributed by atoms with E-state index in [0.29, 0.717) is 15.7 Å². The van der Waals surface area contributed by atoms with Gasteiger partial charge in [-0.15, -0.1) is 0 Å². The van der Waals surface area contributed by atoms with Gasteiger partial charge in [-0.05, 0) is 6.92 Å². The van der Waals surface area contributed by atoms with Gasteiger partial charge in [0.15, 0.2) is 5.13 Å². The van der Waals surface area contributed by atoms with Crippen molar-refractivity contribution >= 4 is 28.5 Å². The molecule has 0 spiro atoms. The second-order valence-electron chi connectivity index (χ2n) is 2.89. The zero-order valence-electron chi connectivity index (χ0n) is 8.65. The number of carbonyl (C=O) groups is 2. The average molecular weight is 244 g/mol. The van der Waals surface area contributed by atoms with E-state index in [2.05, 4.69) is 15.0 Å². The number of carbonyl (C=O) groups excluding carboxylic acids is 2. The molecule has 1 rings (SSSR count). The van der Waals surface area contributed by atoms with Crippen LogP contribution in [0.15, 0.2) is 0 Å². The van der Waals surface area contributed by atoms with Crippen LogP contribution in [-0.2, 0) is 4.74 Å². The number of ether oxygens (including phenoxy) is 1. The number of nitrogens with one attached hydrogen (secondary N) is 1. The maximum Gasteiger partial charge on any atom is 0.404 e. The number of anilines is 1. The molecule has 16 heavy (non-hydrogen) atoms. The van der Waals surface area contributed by atoms with Gasteiger partial charge in [0.1, 0.15) is 11.5 Å². The highest BCUT2D eigenvalue weighted by Gasteiger charge is 2.13. The van der Waals surface area contributed by atoms with Crippen LogP contribution in [-0.4, -0.2) is 30.1 Å². The van der Waals surface area contributed by atoms with Crippen LogP contribution < -0.4 is 16.8 Å². The van der Waals surface area contributed by atoms with E-state index in [1.807, 2.05) is 0 Å². The first-order valence-corrected chi connectivity index (χ1v) is 5.25. The van der Waals surface area contributed by atoms with Gasteiger partial charge in [-0.2, -0.15) is 0 Å². The molecule has 8 heteroatoms. The van der Waals surface area contributed by atoms with Gasteiger partial charge in [-0.1, -0.05) is 11.3 Å². The molecular weight excluding hydrogens is 232 g/mol. The number of hydrogen-bond acceptors (Lipinski definition) is 6. The van der Waals surface area contributed by atoms with E-state index >= 15 is 0 Å². The highest BCUT2D eigenvalue weighted by Crippen LogP contribution is 2.18. The van der Waals surface area contributed by atoms with Crippen LogP contribution in [0.3, 0.4) is 0 Å². The molecule has 0 aromatic carbocycles. The van der Waals surface area contributed by atoms with Crippen molar-refractivity contribution in [3.05, 3.63) is 10.6 Å². The molecule has 0 bridgehead atoms. The number of aryl methyl sites for hydroxylation is 1. The fourth-order valence-electron chi connectivity index (χ4n) is 1.02. The van der Waals surface area contributed by atoms with Crippen LogP contribution in [0.4, 0.5) is 9.93 Å². The molecule has 88 valence electrons. The number of aromatic nitrogens is 1. The molecule has 0 radical (unpaired) electrons. The first-order chi connectivity index (χ1) is 7.50. The summed E-state index contributed by atoms with van der Waals surface area (Å²) in [4.78, 5) is 26.2. The SMILES string of the molecule is Cc1nc(N)sc1C(=O)NCCOC(N)=O. The first-order valence-electron chi connectivity index (χ1n) is 4.44. The summed E-state index contributed by atoms with van der Waals surface area (Å²) in [5.74, 6) is -0.292. The number of nitrogen functional groups attached to an aromatic ring is 1. The van der Waals surface area contributed by atoms with Gasteiger partial charge in [0.05, 0.1) is 12.2 Å². The quantitative estimate of drug-likeness (QED) is 0.636. The third-order valence-corrected chi connectivity index (χ3v) is 2.64. The van der Waals surface area contributed by atoms with Crippen molar-refractivity contribution in [2.24, 2.45) is 5.73 Å². The van der Waals surface area contributed by atoms with Crippen molar-refractivity contribution in [2.45, 2.75) is 6.92 Å². The minimum Gasteiger partial charge on any atom is -0.448 e. The van der Waals surface area contributed by atoms with E-state index in [-0.39, 0.29) is 19.1 Å². The summed E-state index contributed by atoms with van der Waals surface area (Å²) >= 11 is 1.11. The smallest absolute Gasteiger partial charge is 0.404 e. The van der Waals surface area contributed by atoms with Crippen molar-refractivity contribution in [1.82, 2.24) is 10.3 Å². The maximum absolute atomic E-state index is 11.6. The third kappa shape index (κ3) is 3.39. The number of nitrogens with zero attached hydrogens (tertiary/aromatic N) is 1. The standard InChI is InChI=1S/C8H12N4O3S/c1-4-5(16-7(9)12-4)6(13)11-2-3-15-8(10)14/h2-3H2,1H3,(H2,9,12)(H2,10,14)(H,11,13). The van der Waals surface area contributed by atoms with Gasteiger partial charge in [-0.25, -0.2) is 9.78 Å². The Balaban J connectivity index is 2.41. The van der Waals surface area contributed by atoms with E-state index in [4.69, 9.17) is 11.5 Å². The fraction of sp³-hybridized carbons (Fsp3) is 0.375. The fourth-order valence-corrected chi connectivity index (χ4v) is 1.77. The summed E-state index contributed by atoms with van der Waals surface area (Å²) in [6.07, 6.45) is -0.868. The maximum atomic E-state index is 11.6. The summed E-state index contributed by atoms with van der Waals surface area (Å²) in [7, 11) is 0. The van der Waals surface area contributed by atoms with Crippen molar-refractivity contribution in [2.75, 3.05) is 18.9 Å². The Morgan fingerprint density at radius 3 is 2.75 bits per heavy atom. The van der Waals surface area contributed by atoms with Crippen LogP contribution in [0.5, 0.6) is 0 Å². The van der Waals surface area contributed by atoms with Crippen molar-refractivity contribution in [1.29, 1.82) is 0 Å². The van der Waals surface area contributed by atoms with Gasteiger partial charge in [0.25, 0.3) is 5.91 Å². The van der Waals surface area contributed by atoms with E-state index in [1.165, 1.54) is 0 Å². The van der Waals surface area contributed by atoms with Gasteiger partial charge in [0.2, 0.25) is 0 Å². The minimum atomic E-state index is -0.868. The average Bonchev–Trinajstić information content (AvgIpc) is 2.52. The molecule has 0 aliphatic carbocycles. The van der Waals surface area contributed by atoms with E-state index in [1.54, 1.807) is 6.92 Å². The summed E-state index contributed by atoms with van der Waals surface area (Å²) in [5.41, 5.74) is 10.8. The summed E-state index contributed by atoms with van der Waals surface area (Å²) < 4.78 is 4.45. The zero-order chi connectivity index (χ0) is 12.1. The summed E-state index contributed by atoms with van der Waals surface area (Å²) in [6.45, 7) is 1.93. The lowest BCUT2D eigenvalue weighted by atomic mass is 10.4. The predicted octanol–water partition coefficient (Wildman–Crippen LogP) is -0.141. The van der Waals surface area contributed by atoms with Crippen LogP contribution in [0.1, 0.15) is 15.4 Å². The molecule has 2 amide bonds. The largest absolute Gasteiger partial charge is 0.448 e. The Kier molecular flexibility index (Phi) is 4.06. The molecular formula is C8H12N4O3S. The molecule has 0 saturated carbocycles. The Morgan fingerprint density at radius 2 is 2.25 bits per heavy atom. The monoisotopic (exact) mass is 244 g/mol. The molecule has 0 saturated heterocycles. The number of primary amides is 1. The normalized spacial score (nSPS) is 9.81. The summed E-state index contributed by atoms with van der Waals surface area (Å²) in [5, 5.41) is 2.90. The zero-order valence-corrected chi connectivity index (χ0v) is 9.47. The van der Waals surface area contributed by atoms with Gasteiger partial charge in [0, 0.05) is 0 Å². The molecule has 0 atom stereocenters. The van der Waals surface area contributed by atoms with Crippen LogP contribution in [0.25, 0.3) is 0 Å². The van der Waals surface area contributed by atoms with Gasteiger partial charge >= 0.3 is 6.09 Å². The third-order valence-electron chi connectivity index (χ3n) is 1.65. The van der Waals surface area contributed by atoms with Crippen LogP contribution in [0.2, 0.25) is 0 Å². The Hall–Kier alpha value is -1.83. The second kappa shape index (κ2) is 5.31. The number of amides is 2. The van der Waals surface area contributed by atoms with Crippen molar-refractivity contribution in [3.8, 4) is 0 Å². The molecule has 0 aliphatic heterocycles. The molecule has 7 nitrogen and oxygen atoms in total. The lowest BCUT2D eigenvalue weighted by Crippen LogP contribution is -2.28. The van der Waals surface area contributed by atoms with Crippen molar-refractivity contribution in [3.63, 3.8) is 0 Å². The van der Waals surface area contributed by atoms with E-state index in [0.717, 1.165) is 11.3 Å². The molecule has 5 N–H and O–H groups in total. The predicted molar refractivity (Wildman–Crippen MR) is 59.1 cm³/mol. The lowest BCUT2D eigenvalue weighted by Gasteiger charge is -2.03. The molecule has 1 aromatic heterocycles. The first kappa shape index (κ1) is 12.2. The number of hydrogen-bond donors (Lipinski definition) is 3. The van der Waals surface area contributed by atoms with E-state index < -0.39 is 6.09 Å². The molecule has 0 unspecified atom stereocenters. The lowest BCUT2D eigenvalue weighted by molar-refractivity contribution is 0.0940. The number of rotatable bonds is 4.